The van der Waals surface area contributed by atoms with Gasteiger partial charge in [-0.15, -0.1) is 11.3 Å². The molecule has 0 aliphatic rings. The molecule has 2 rings (SSSR count). The smallest absolute Gasteiger partial charge is 0.0798 e. The Morgan fingerprint density at radius 1 is 1.50 bits per heavy atom. The van der Waals surface area contributed by atoms with Crippen LogP contribution < -0.4 is 5.32 Å². The molecule has 16 heavy (non-hydrogen) atoms. The van der Waals surface area contributed by atoms with Gasteiger partial charge < -0.3 is 5.32 Å². The molecule has 0 spiro atoms. The van der Waals surface area contributed by atoms with E-state index >= 15 is 0 Å². The second-order valence-corrected chi connectivity index (χ2v) is 5.60. The molecule has 1 N–H and O–H groups in total. The molecular formula is C11H10BrClN2S. The van der Waals surface area contributed by atoms with Gasteiger partial charge in [0.1, 0.15) is 0 Å². The summed E-state index contributed by atoms with van der Waals surface area (Å²) in [5.41, 5.74) is 3.87. The Hall–Kier alpha value is -0.580. The average Bonchev–Trinajstić information content (AvgIpc) is 2.63. The molecule has 0 saturated heterocycles. The Bertz CT molecular complexity index is 498. The van der Waals surface area contributed by atoms with Crippen molar-refractivity contribution in [3.63, 3.8) is 0 Å². The van der Waals surface area contributed by atoms with Gasteiger partial charge in [-0.2, -0.15) is 0 Å². The molecule has 0 fully saturated rings. The third-order valence-electron chi connectivity index (χ3n) is 2.22. The first-order valence-electron chi connectivity index (χ1n) is 4.74. The van der Waals surface area contributed by atoms with Gasteiger partial charge in [0.2, 0.25) is 0 Å². The fourth-order valence-corrected chi connectivity index (χ4v) is 2.76. The number of benzene rings is 1. The number of aromatic nitrogens is 1. The predicted molar refractivity (Wildman–Crippen MR) is 73.3 cm³/mol. The first-order valence-corrected chi connectivity index (χ1v) is 6.80. The van der Waals surface area contributed by atoms with Crippen molar-refractivity contribution in [2.75, 3.05) is 5.32 Å². The maximum Gasteiger partial charge on any atom is 0.0798 e. The van der Waals surface area contributed by atoms with E-state index < -0.39 is 0 Å². The summed E-state index contributed by atoms with van der Waals surface area (Å²) in [5.74, 6) is 0. The number of anilines is 1. The Morgan fingerprint density at radius 2 is 2.31 bits per heavy atom. The molecule has 1 aromatic heterocycles. The van der Waals surface area contributed by atoms with Gasteiger partial charge in [0.15, 0.2) is 0 Å². The molecule has 1 aromatic carbocycles. The first-order chi connectivity index (χ1) is 7.66. The van der Waals surface area contributed by atoms with Gasteiger partial charge in [0.05, 0.1) is 28.5 Å². The molecule has 0 aliphatic heterocycles. The van der Waals surface area contributed by atoms with E-state index in [1.807, 2.05) is 30.6 Å². The van der Waals surface area contributed by atoms with Crippen molar-refractivity contribution < 1.29 is 0 Å². The van der Waals surface area contributed by atoms with Crippen molar-refractivity contribution in [3.8, 4) is 0 Å². The zero-order valence-electron chi connectivity index (χ0n) is 8.63. The maximum atomic E-state index is 6.10. The summed E-state index contributed by atoms with van der Waals surface area (Å²) < 4.78 is 0.983. The highest BCUT2D eigenvalue weighted by Crippen LogP contribution is 2.26. The van der Waals surface area contributed by atoms with Gasteiger partial charge in [0.25, 0.3) is 0 Å². The number of aryl methyl sites for hydroxylation is 1. The van der Waals surface area contributed by atoms with Gasteiger partial charge in [-0.25, -0.2) is 4.98 Å². The Labute approximate surface area is 112 Å². The third kappa shape index (κ3) is 2.75. The minimum atomic E-state index is 0.719. The Morgan fingerprint density at radius 3 is 2.94 bits per heavy atom. The summed E-state index contributed by atoms with van der Waals surface area (Å²) in [7, 11) is 0. The minimum Gasteiger partial charge on any atom is -0.379 e. The number of halogens is 2. The highest BCUT2D eigenvalue weighted by Gasteiger charge is 2.03. The fourth-order valence-electron chi connectivity index (χ4n) is 1.30. The number of hydrogen-bond acceptors (Lipinski definition) is 3. The van der Waals surface area contributed by atoms with Gasteiger partial charge in [0, 0.05) is 9.35 Å². The lowest BCUT2D eigenvalue weighted by Gasteiger charge is -2.07. The largest absolute Gasteiger partial charge is 0.379 e. The van der Waals surface area contributed by atoms with Crippen molar-refractivity contribution in [1.29, 1.82) is 0 Å². The van der Waals surface area contributed by atoms with Crippen LogP contribution in [0.25, 0.3) is 0 Å². The monoisotopic (exact) mass is 316 g/mol. The van der Waals surface area contributed by atoms with E-state index in [1.54, 1.807) is 11.3 Å². The molecular weight excluding hydrogens is 308 g/mol. The van der Waals surface area contributed by atoms with Crippen LogP contribution in [-0.4, -0.2) is 4.98 Å². The molecule has 0 amide bonds. The summed E-state index contributed by atoms with van der Waals surface area (Å²) in [6, 6.07) is 5.81. The summed E-state index contributed by atoms with van der Waals surface area (Å²) in [6.45, 7) is 2.77. The highest BCUT2D eigenvalue weighted by molar-refractivity contribution is 9.10. The molecule has 5 heteroatoms. The molecule has 0 atom stereocenters. The van der Waals surface area contributed by atoms with Crippen LogP contribution >= 0.6 is 38.9 Å². The standard InChI is InChI=1S/C11H10BrClN2S/c1-7-11(16-6-15-7)5-14-10-3-2-8(12)4-9(10)13/h2-4,6,14H,5H2,1H3. The van der Waals surface area contributed by atoms with Crippen LogP contribution in [0.4, 0.5) is 5.69 Å². The zero-order chi connectivity index (χ0) is 11.5. The minimum absolute atomic E-state index is 0.719. The topological polar surface area (TPSA) is 24.9 Å². The van der Waals surface area contributed by atoms with Crippen LogP contribution in [0.15, 0.2) is 28.2 Å². The van der Waals surface area contributed by atoms with E-state index in [1.165, 1.54) is 4.88 Å². The van der Waals surface area contributed by atoms with Crippen LogP contribution in [0, 0.1) is 6.92 Å². The van der Waals surface area contributed by atoms with Gasteiger partial charge >= 0.3 is 0 Å². The second-order valence-electron chi connectivity index (χ2n) is 3.34. The van der Waals surface area contributed by atoms with E-state index in [0.29, 0.717) is 0 Å². The van der Waals surface area contributed by atoms with Crippen molar-refractivity contribution >= 4 is 44.6 Å². The Kier molecular flexibility index (Phi) is 3.84. The van der Waals surface area contributed by atoms with Gasteiger partial charge in [-0.3, -0.25) is 0 Å². The zero-order valence-corrected chi connectivity index (χ0v) is 11.8. The summed E-state index contributed by atoms with van der Waals surface area (Å²) in [6.07, 6.45) is 0. The molecule has 0 radical (unpaired) electrons. The molecule has 0 aliphatic carbocycles. The van der Waals surface area contributed by atoms with E-state index in [4.69, 9.17) is 11.6 Å². The van der Waals surface area contributed by atoms with Crippen molar-refractivity contribution in [2.24, 2.45) is 0 Å². The van der Waals surface area contributed by atoms with E-state index in [2.05, 4.69) is 26.2 Å². The van der Waals surface area contributed by atoms with E-state index in [9.17, 15) is 0 Å². The lowest BCUT2D eigenvalue weighted by molar-refractivity contribution is 1.12. The van der Waals surface area contributed by atoms with Crippen LogP contribution in [0.5, 0.6) is 0 Å². The van der Waals surface area contributed by atoms with Crippen molar-refractivity contribution in [3.05, 3.63) is 43.8 Å². The van der Waals surface area contributed by atoms with Crippen molar-refractivity contribution in [1.82, 2.24) is 4.98 Å². The lowest BCUT2D eigenvalue weighted by atomic mass is 10.3. The molecule has 0 saturated carbocycles. The number of hydrogen-bond donors (Lipinski definition) is 1. The van der Waals surface area contributed by atoms with Crippen LogP contribution in [0.2, 0.25) is 5.02 Å². The molecule has 1 heterocycles. The molecule has 2 nitrogen and oxygen atoms in total. The summed E-state index contributed by atoms with van der Waals surface area (Å²) >= 11 is 11.1. The van der Waals surface area contributed by atoms with Crippen LogP contribution in [0.3, 0.4) is 0 Å². The van der Waals surface area contributed by atoms with Gasteiger partial charge in [-0.05, 0) is 25.1 Å². The highest BCUT2D eigenvalue weighted by atomic mass is 79.9. The average molecular weight is 318 g/mol. The van der Waals surface area contributed by atoms with E-state index in [0.717, 1.165) is 27.4 Å². The summed E-state index contributed by atoms with van der Waals surface area (Å²) in [4.78, 5) is 5.44. The second kappa shape index (κ2) is 5.17. The Balaban J connectivity index is 2.08. The number of thiazole rings is 1. The maximum absolute atomic E-state index is 6.10. The first kappa shape index (κ1) is 11.9. The number of rotatable bonds is 3. The third-order valence-corrected chi connectivity index (χ3v) is 3.96. The number of nitrogens with zero attached hydrogens (tertiary/aromatic N) is 1. The van der Waals surface area contributed by atoms with Crippen molar-refractivity contribution in [2.45, 2.75) is 13.5 Å². The lowest BCUT2D eigenvalue weighted by Crippen LogP contribution is -1.99. The predicted octanol–water partition coefficient (Wildman–Crippen LogP) is 4.48. The summed E-state index contributed by atoms with van der Waals surface area (Å²) in [5, 5.41) is 4.02. The van der Waals surface area contributed by atoms with Crippen LogP contribution in [0.1, 0.15) is 10.6 Å². The van der Waals surface area contributed by atoms with E-state index in [-0.39, 0.29) is 0 Å². The van der Waals surface area contributed by atoms with Crippen LogP contribution in [-0.2, 0) is 6.54 Å². The van der Waals surface area contributed by atoms with Gasteiger partial charge in [-0.1, -0.05) is 27.5 Å². The SMILES string of the molecule is Cc1ncsc1CNc1ccc(Br)cc1Cl. The quantitative estimate of drug-likeness (QED) is 0.903. The molecule has 0 bridgehead atoms. The normalized spacial score (nSPS) is 10.4. The number of nitrogens with one attached hydrogen (secondary N) is 1. The molecule has 84 valence electrons. The molecule has 0 unspecified atom stereocenters. The molecule has 2 aromatic rings. The fraction of sp³-hybridized carbons (Fsp3) is 0.182.